The molecule has 1 aromatic rings. The Morgan fingerprint density at radius 2 is 2.40 bits per heavy atom. The van der Waals surface area contributed by atoms with Crippen molar-refractivity contribution in [3.63, 3.8) is 0 Å². The van der Waals surface area contributed by atoms with Crippen molar-refractivity contribution in [2.45, 2.75) is 37.1 Å². The quantitative estimate of drug-likeness (QED) is 0.778. The Morgan fingerprint density at radius 1 is 1.60 bits per heavy atom. The summed E-state index contributed by atoms with van der Waals surface area (Å²) in [5.41, 5.74) is 0. The summed E-state index contributed by atoms with van der Waals surface area (Å²) in [4.78, 5) is 4.37. The van der Waals surface area contributed by atoms with E-state index >= 15 is 0 Å². The molecular weight excluding hydrogens is 226 g/mol. The molecule has 0 aliphatic heterocycles. The van der Waals surface area contributed by atoms with Gasteiger partial charge in [0.1, 0.15) is 5.82 Å². The van der Waals surface area contributed by atoms with Crippen LogP contribution in [0.5, 0.6) is 0 Å². The topological polar surface area (TPSA) is 37.8 Å². The van der Waals surface area contributed by atoms with Gasteiger partial charge in [-0.05, 0) is 43.8 Å². The lowest BCUT2D eigenvalue weighted by atomic mass is 10.2. The molecule has 0 spiro atoms. The highest BCUT2D eigenvalue weighted by atomic mass is 32.2. The summed E-state index contributed by atoms with van der Waals surface area (Å²) in [7, 11) is 0. The van der Waals surface area contributed by atoms with Gasteiger partial charge in [-0.3, -0.25) is 0 Å². The zero-order valence-corrected chi connectivity index (χ0v) is 10.8. The minimum atomic E-state index is 0.671. The van der Waals surface area contributed by atoms with Crippen molar-refractivity contribution in [1.82, 2.24) is 14.7 Å². The van der Waals surface area contributed by atoms with Crippen LogP contribution in [0.2, 0.25) is 0 Å². The molecule has 15 heavy (non-hydrogen) atoms. The number of aromatic nitrogens is 2. The summed E-state index contributed by atoms with van der Waals surface area (Å²) >= 11 is 3.36. The second kappa shape index (κ2) is 5.27. The fourth-order valence-corrected chi connectivity index (χ4v) is 3.48. The Bertz CT molecular complexity index is 309. The largest absolute Gasteiger partial charge is 0.313 e. The van der Waals surface area contributed by atoms with Crippen LogP contribution in [0.4, 0.5) is 0 Å². The summed E-state index contributed by atoms with van der Waals surface area (Å²) < 4.78 is 5.30. The molecule has 1 atom stereocenters. The zero-order chi connectivity index (χ0) is 10.7. The van der Waals surface area contributed by atoms with E-state index in [0.29, 0.717) is 6.04 Å². The molecule has 0 aromatic carbocycles. The van der Waals surface area contributed by atoms with Gasteiger partial charge in [0.25, 0.3) is 0 Å². The first-order valence-electron chi connectivity index (χ1n) is 5.46. The molecule has 1 aliphatic rings. The van der Waals surface area contributed by atoms with Gasteiger partial charge in [0.15, 0.2) is 4.34 Å². The lowest BCUT2D eigenvalue weighted by Gasteiger charge is -2.15. The summed E-state index contributed by atoms with van der Waals surface area (Å²) in [6.45, 7) is 5.19. The maximum atomic E-state index is 4.37. The van der Waals surface area contributed by atoms with Crippen molar-refractivity contribution in [3.05, 3.63) is 5.82 Å². The maximum Gasteiger partial charge on any atom is 0.170 e. The number of rotatable bonds is 6. The van der Waals surface area contributed by atoms with E-state index in [-0.39, 0.29) is 0 Å². The molecule has 1 aromatic heterocycles. The number of nitrogens with zero attached hydrogens (tertiary/aromatic N) is 2. The van der Waals surface area contributed by atoms with Gasteiger partial charge in [-0.1, -0.05) is 18.7 Å². The first-order valence-corrected chi connectivity index (χ1v) is 7.22. The van der Waals surface area contributed by atoms with Gasteiger partial charge < -0.3 is 5.32 Å². The van der Waals surface area contributed by atoms with Crippen LogP contribution >= 0.6 is 23.3 Å². The van der Waals surface area contributed by atoms with Crippen LogP contribution in [0.1, 0.15) is 25.6 Å². The predicted molar refractivity (Wildman–Crippen MR) is 65.6 cm³/mol. The third-order valence-corrected chi connectivity index (χ3v) is 4.60. The molecule has 1 aliphatic carbocycles. The first-order chi connectivity index (χ1) is 7.29. The molecule has 0 amide bonds. The van der Waals surface area contributed by atoms with Crippen LogP contribution in [0, 0.1) is 12.8 Å². The Labute approximate surface area is 99.2 Å². The van der Waals surface area contributed by atoms with Gasteiger partial charge >= 0.3 is 0 Å². The summed E-state index contributed by atoms with van der Waals surface area (Å²) in [6, 6.07) is 0.671. The fourth-order valence-electron chi connectivity index (χ4n) is 1.62. The number of hydrogen-bond acceptors (Lipinski definition) is 5. The summed E-state index contributed by atoms with van der Waals surface area (Å²) in [5.74, 6) is 2.94. The minimum absolute atomic E-state index is 0.671. The molecule has 0 saturated heterocycles. The van der Waals surface area contributed by atoms with Crippen LogP contribution in [0.25, 0.3) is 0 Å². The second-order valence-electron chi connectivity index (χ2n) is 3.92. The van der Waals surface area contributed by atoms with Crippen molar-refractivity contribution in [1.29, 1.82) is 0 Å². The Kier molecular flexibility index (Phi) is 3.99. The highest BCUT2D eigenvalue weighted by molar-refractivity contribution is 8.00. The number of aryl methyl sites for hydroxylation is 1. The SMILES string of the molecule is CCNC(CSc1nc(C)ns1)C1CC1. The van der Waals surface area contributed by atoms with E-state index in [1.54, 1.807) is 0 Å². The van der Waals surface area contributed by atoms with Crippen LogP contribution in [-0.2, 0) is 0 Å². The average molecular weight is 243 g/mol. The van der Waals surface area contributed by atoms with E-state index in [1.165, 1.54) is 24.4 Å². The van der Waals surface area contributed by atoms with Gasteiger partial charge in [-0.2, -0.15) is 4.37 Å². The van der Waals surface area contributed by atoms with Crippen molar-refractivity contribution in [2.24, 2.45) is 5.92 Å². The molecule has 0 bridgehead atoms. The van der Waals surface area contributed by atoms with Crippen molar-refractivity contribution < 1.29 is 0 Å². The van der Waals surface area contributed by atoms with Crippen LogP contribution < -0.4 is 5.32 Å². The van der Waals surface area contributed by atoms with E-state index in [9.17, 15) is 0 Å². The van der Waals surface area contributed by atoms with E-state index in [4.69, 9.17) is 0 Å². The minimum Gasteiger partial charge on any atom is -0.313 e. The van der Waals surface area contributed by atoms with Gasteiger partial charge in [0, 0.05) is 11.8 Å². The summed E-state index contributed by atoms with van der Waals surface area (Å²) in [5, 5.41) is 3.56. The molecule has 2 rings (SSSR count). The first kappa shape index (κ1) is 11.4. The van der Waals surface area contributed by atoms with E-state index in [2.05, 4.69) is 21.6 Å². The van der Waals surface area contributed by atoms with Gasteiger partial charge in [0.05, 0.1) is 0 Å². The summed E-state index contributed by atoms with van der Waals surface area (Å²) in [6.07, 6.45) is 2.79. The highest BCUT2D eigenvalue weighted by Crippen LogP contribution is 2.35. The Hall–Kier alpha value is -0.130. The van der Waals surface area contributed by atoms with E-state index in [1.807, 2.05) is 18.7 Å². The monoisotopic (exact) mass is 243 g/mol. The van der Waals surface area contributed by atoms with E-state index in [0.717, 1.165) is 28.4 Å². The number of thioether (sulfide) groups is 1. The Balaban J connectivity index is 1.79. The fraction of sp³-hybridized carbons (Fsp3) is 0.800. The lowest BCUT2D eigenvalue weighted by molar-refractivity contribution is 0.519. The predicted octanol–water partition coefficient (Wildman–Crippen LogP) is 2.33. The standard InChI is InChI=1S/C10H17N3S2/c1-3-11-9(8-4-5-8)6-14-10-12-7(2)13-15-10/h8-9,11H,3-6H2,1-2H3. The molecule has 1 unspecified atom stereocenters. The second-order valence-corrected chi connectivity index (χ2v) is 5.94. The van der Waals surface area contributed by atoms with Gasteiger partial charge in [-0.15, -0.1) is 0 Å². The molecule has 1 N–H and O–H groups in total. The molecule has 0 radical (unpaired) electrons. The molecule has 1 saturated carbocycles. The average Bonchev–Trinajstić information content (AvgIpc) is 2.97. The van der Waals surface area contributed by atoms with E-state index < -0.39 is 0 Å². The van der Waals surface area contributed by atoms with Crippen molar-refractivity contribution >= 4 is 23.3 Å². The van der Waals surface area contributed by atoms with Gasteiger partial charge in [0.2, 0.25) is 0 Å². The highest BCUT2D eigenvalue weighted by Gasteiger charge is 2.30. The number of nitrogens with one attached hydrogen (secondary N) is 1. The van der Waals surface area contributed by atoms with Crippen LogP contribution in [-0.4, -0.2) is 27.7 Å². The zero-order valence-electron chi connectivity index (χ0n) is 9.19. The molecule has 1 fully saturated rings. The van der Waals surface area contributed by atoms with Crippen LogP contribution in [0.15, 0.2) is 4.34 Å². The maximum absolute atomic E-state index is 4.37. The van der Waals surface area contributed by atoms with Gasteiger partial charge in [-0.25, -0.2) is 4.98 Å². The Morgan fingerprint density at radius 3 is 2.93 bits per heavy atom. The lowest BCUT2D eigenvalue weighted by Crippen LogP contribution is -2.33. The smallest absolute Gasteiger partial charge is 0.170 e. The third kappa shape index (κ3) is 3.43. The molecule has 1 heterocycles. The molecule has 84 valence electrons. The van der Waals surface area contributed by atoms with Crippen molar-refractivity contribution in [2.75, 3.05) is 12.3 Å². The van der Waals surface area contributed by atoms with Crippen LogP contribution in [0.3, 0.4) is 0 Å². The third-order valence-electron chi connectivity index (χ3n) is 2.55. The molecule has 3 nitrogen and oxygen atoms in total. The normalized spacial score (nSPS) is 18.0. The van der Waals surface area contributed by atoms with Crippen molar-refractivity contribution in [3.8, 4) is 0 Å². The number of hydrogen-bond donors (Lipinski definition) is 1. The molecular formula is C10H17N3S2. The molecule has 5 heteroatoms.